The van der Waals surface area contributed by atoms with Crippen LogP contribution in [0, 0.1) is 5.82 Å². The van der Waals surface area contributed by atoms with Gasteiger partial charge in [-0.2, -0.15) is 11.3 Å². The Morgan fingerprint density at radius 1 is 1.29 bits per heavy atom. The van der Waals surface area contributed by atoms with Gasteiger partial charge in [-0.15, -0.1) is 0 Å². The van der Waals surface area contributed by atoms with E-state index in [0.717, 1.165) is 17.7 Å². The maximum Gasteiger partial charge on any atom is 0.123 e. The van der Waals surface area contributed by atoms with Gasteiger partial charge >= 0.3 is 0 Å². The minimum atomic E-state index is -0.165. The molecular weight excluding hydrogens is 233 g/mol. The topological polar surface area (TPSA) is 12.0 Å². The molecule has 1 heterocycles. The molecule has 3 heteroatoms. The quantitative estimate of drug-likeness (QED) is 0.866. The molecule has 1 aliphatic rings. The van der Waals surface area contributed by atoms with Gasteiger partial charge in [0.25, 0.3) is 0 Å². The second-order valence-electron chi connectivity index (χ2n) is 4.47. The number of hydrogen-bond acceptors (Lipinski definition) is 2. The van der Waals surface area contributed by atoms with Crippen LogP contribution in [0.3, 0.4) is 0 Å². The van der Waals surface area contributed by atoms with Crippen molar-refractivity contribution in [2.45, 2.75) is 25.4 Å². The molecule has 0 aliphatic heterocycles. The van der Waals surface area contributed by atoms with Gasteiger partial charge in [0.2, 0.25) is 0 Å². The van der Waals surface area contributed by atoms with Crippen molar-refractivity contribution in [3.63, 3.8) is 0 Å². The molecule has 0 saturated heterocycles. The molecule has 2 aromatic rings. The van der Waals surface area contributed by atoms with Gasteiger partial charge in [0.05, 0.1) is 0 Å². The van der Waals surface area contributed by atoms with E-state index in [1.165, 1.54) is 18.4 Å². The summed E-state index contributed by atoms with van der Waals surface area (Å²) in [6, 6.07) is 7.78. The van der Waals surface area contributed by atoms with Crippen LogP contribution in [0.2, 0.25) is 0 Å². The fraction of sp³-hybridized carbons (Fsp3) is 0.286. The Kier molecular flexibility index (Phi) is 2.95. The Morgan fingerprint density at radius 2 is 2.18 bits per heavy atom. The van der Waals surface area contributed by atoms with Crippen molar-refractivity contribution in [1.29, 1.82) is 0 Å². The highest BCUT2D eigenvalue weighted by atomic mass is 32.1. The minimum absolute atomic E-state index is 0.165. The number of halogens is 1. The van der Waals surface area contributed by atoms with E-state index >= 15 is 0 Å². The summed E-state index contributed by atoms with van der Waals surface area (Å²) in [7, 11) is 0. The van der Waals surface area contributed by atoms with E-state index in [9.17, 15) is 4.39 Å². The molecular formula is C14H14FNS. The van der Waals surface area contributed by atoms with Crippen LogP contribution in [0.25, 0.3) is 11.1 Å². The molecule has 3 rings (SSSR count). The van der Waals surface area contributed by atoms with Crippen LogP contribution in [0.15, 0.2) is 35.0 Å². The summed E-state index contributed by atoms with van der Waals surface area (Å²) < 4.78 is 13.3. The van der Waals surface area contributed by atoms with Gasteiger partial charge in [0.15, 0.2) is 0 Å². The summed E-state index contributed by atoms with van der Waals surface area (Å²) >= 11 is 1.64. The molecule has 1 N–H and O–H groups in total. The Labute approximate surface area is 104 Å². The van der Waals surface area contributed by atoms with Gasteiger partial charge in [-0.25, -0.2) is 4.39 Å². The molecule has 1 aliphatic carbocycles. The van der Waals surface area contributed by atoms with Crippen LogP contribution >= 0.6 is 11.3 Å². The van der Waals surface area contributed by atoms with Crippen molar-refractivity contribution in [2.75, 3.05) is 0 Å². The zero-order valence-corrected chi connectivity index (χ0v) is 10.3. The molecule has 0 unspecified atom stereocenters. The molecule has 1 fully saturated rings. The van der Waals surface area contributed by atoms with E-state index in [1.807, 2.05) is 17.5 Å². The smallest absolute Gasteiger partial charge is 0.123 e. The van der Waals surface area contributed by atoms with Crippen molar-refractivity contribution in [1.82, 2.24) is 5.32 Å². The van der Waals surface area contributed by atoms with Crippen LogP contribution in [0.4, 0.5) is 4.39 Å². The van der Waals surface area contributed by atoms with Gasteiger partial charge in [-0.1, -0.05) is 6.07 Å². The Balaban J connectivity index is 1.89. The molecule has 0 atom stereocenters. The third kappa shape index (κ3) is 2.56. The molecule has 1 saturated carbocycles. The van der Waals surface area contributed by atoms with Crippen molar-refractivity contribution < 1.29 is 4.39 Å². The molecule has 1 aromatic carbocycles. The Morgan fingerprint density at radius 3 is 2.88 bits per heavy atom. The zero-order chi connectivity index (χ0) is 11.7. The van der Waals surface area contributed by atoms with Gasteiger partial charge in [0, 0.05) is 12.6 Å². The first-order valence-electron chi connectivity index (χ1n) is 5.87. The minimum Gasteiger partial charge on any atom is -0.310 e. The predicted molar refractivity (Wildman–Crippen MR) is 69.6 cm³/mol. The van der Waals surface area contributed by atoms with E-state index in [0.29, 0.717) is 6.04 Å². The number of nitrogens with one attached hydrogen (secondary N) is 1. The van der Waals surface area contributed by atoms with Crippen molar-refractivity contribution >= 4 is 11.3 Å². The Hall–Kier alpha value is -1.19. The number of hydrogen-bond donors (Lipinski definition) is 1. The van der Waals surface area contributed by atoms with E-state index in [-0.39, 0.29) is 5.82 Å². The summed E-state index contributed by atoms with van der Waals surface area (Å²) in [6.45, 7) is 0.829. The SMILES string of the molecule is Fc1ccc(CNC2CC2)c(-c2ccsc2)c1. The lowest BCUT2D eigenvalue weighted by Gasteiger charge is -2.09. The lowest BCUT2D eigenvalue weighted by atomic mass is 10.0. The standard InChI is InChI=1S/C14H14FNS/c15-12-2-1-10(8-16-13-3-4-13)14(7-12)11-5-6-17-9-11/h1-2,5-7,9,13,16H,3-4,8H2. The molecule has 88 valence electrons. The molecule has 1 nitrogen and oxygen atoms in total. The molecule has 0 spiro atoms. The largest absolute Gasteiger partial charge is 0.310 e. The van der Waals surface area contributed by atoms with Gasteiger partial charge in [-0.05, 0) is 58.5 Å². The summed E-state index contributed by atoms with van der Waals surface area (Å²) in [5, 5.41) is 7.57. The second-order valence-corrected chi connectivity index (χ2v) is 5.25. The maximum absolute atomic E-state index is 13.3. The number of benzene rings is 1. The average Bonchev–Trinajstić information content (AvgIpc) is 3.00. The molecule has 17 heavy (non-hydrogen) atoms. The lowest BCUT2D eigenvalue weighted by Crippen LogP contribution is -2.15. The summed E-state index contributed by atoms with van der Waals surface area (Å²) in [4.78, 5) is 0. The number of rotatable bonds is 4. The summed E-state index contributed by atoms with van der Waals surface area (Å²) in [5.41, 5.74) is 3.30. The predicted octanol–water partition coefficient (Wildman–Crippen LogP) is 3.81. The van der Waals surface area contributed by atoms with Crippen LogP contribution in [0.5, 0.6) is 0 Å². The lowest BCUT2D eigenvalue weighted by molar-refractivity contribution is 0.625. The molecule has 0 amide bonds. The monoisotopic (exact) mass is 247 g/mol. The fourth-order valence-corrected chi connectivity index (χ4v) is 2.59. The summed E-state index contributed by atoms with van der Waals surface area (Å²) in [5.74, 6) is -0.165. The number of thiophene rings is 1. The van der Waals surface area contributed by atoms with Gasteiger partial charge < -0.3 is 5.32 Å². The average molecular weight is 247 g/mol. The highest BCUT2D eigenvalue weighted by molar-refractivity contribution is 7.08. The molecule has 1 aromatic heterocycles. The van der Waals surface area contributed by atoms with E-state index < -0.39 is 0 Å². The maximum atomic E-state index is 13.3. The van der Waals surface area contributed by atoms with Crippen LogP contribution in [-0.2, 0) is 6.54 Å². The first-order valence-corrected chi connectivity index (χ1v) is 6.81. The second kappa shape index (κ2) is 4.59. The fourth-order valence-electron chi connectivity index (χ4n) is 1.93. The third-order valence-electron chi connectivity index (χ3n) is 3.06. The van der Waals surface area contributed by atoms with E-state index in [2.05, 4.69) is 10.7 Å². The van der Waals surface area contributed by atoms with Crippen molar-refractivity contribution in [3.8, 4) is 11.1 Å². The van der Waals surface area contributed by atoms with Crippen LogP contribution in [0.1, 0.15) is 18.4 Å². The zero-order valence-electron chi connectivity index (χ0n) is 9.45. The van der Waals surface area contributed by atoms with Crippen LogP contribution < -0.4 is 5.32 Å². The van der Waals surface area contributed by atoms with Crippen molar-refractivity contribution in [2.24, 2.45) is 0 Å². The molecule has 0 radical (unpaired) electrons. The van der Waals surface area contributed by atoms with E-state index in [1.54, 1.807) is 23.5 Å². The highest BCUT2D eigenvalue weighted by Crippen LogP contribution is 2.28. The first-order chi connectivity index (χ1) is 8.33. The van der Waals surface area contributed by atoms with Gasteiger partial charge in [0.1, 0.15) is 5.82 Å². The normalized spacial score (nSPS) is 15.1. The third-order valence-corrected chi connectivity index (χ3v) is 3.75. The summed E-state index contributed by atoms with van der Waals surface area (Å²) in [6.07, 6.45) is 2.55. The van der Waals surface area contributed by atoms with Gasteiger partial charge in [-0.3, -0.25) is 0 Å². The van der Waals surface area contributed by atoms with E-state index in [4.69, 9.17) is 0 Å². The first kappa shape index (κ1) is 10.9. The Bertz CT molecular complexity index is 503. The highest BCUT2D eigenvalue weighted by Gasteiger charge is 2.20. The molecule has 0 bridgehead atoms. The van der Waals surface area contributed by atoms with Crippen LogP contribution in [-0.4, -0.2) is 6.04 Å². The van der Waals surface area contributed by atoms with Crippen molar-refractivity contribution in [3.05, 3.63) is 46.4 Å².